The summed E-state index contributed by atoms with van der Waals surface area (Å²) < 4.78 is 2.40. The van der Waals surface area contributed by atoms with Crippen LogP contribution in [0.25, 0.3) is 16.9 Å². The Kier molecular flexibility index (Phi) is 5.41. The van der Waals surface area contributed by atoms with Gasteiger partial charge >= 0.3 is 0 Å². The summed E-state index contributed by atoms with van der Waals surface area (Å²) in [4.78, 5) is 12.6. The van der Waals surface area contributed by atoms with Crippen LogP contribution in [0.15, 0.2) is 60.7 Å². The van der Waals surface area contributed by atoms with Crippen molar-refractivity contribution in [3.63, 3.8) is 0 Å². The van der Waals surface area contributed by atoms with Crippen molar-refractivity contribution >= 4 is 5.91 Å². The quantitative estimate of drug-likeness (QED) is 0.663. The highest BCUT2D eigenvalue weighted by Gasteiger charge is 2.20. The SMILES string of the molecule is O=C(NCC1CCCN1)c1ccc(-n2c(-c3ccccc3)cc3c2CCCC3)cc1. The van der Waals surface area contributed by atoms with Crippen molar-refractivity contribution in [2.75, 3.05) is 13.1 Å². The monoisotopic (exact) mass is 399 g/mol. The van der Waals surface area contributed by atoms with E-state index in [1.807, 2.05) is 12.1 Å². The third-order valence-corrected chi connectivity index (χ3v) is 6.43. The molecule has 154 valence electrons. The third-order valence-electron chi connectivity index (χ3n) is 6.43. The van der Waals surface area contributed by atoms with E-state index >= 15 is 0 Å². The fraction of sp³-hybridized carbons (Fsp3) is 0.346. The van der Waals surface area contributed by atoms with Gasteiger partial charge in [0, 0.05) is 29.5 Å². The van der Waals surface area contributed by atoms with Crippen molar-refractivity contribution in [2.24, 2.45) is 0 Å². The van der Waals surface area contributed by atoms with Crippen molar-refractivity contribution in [3.05, 3.63) is 77.5 Å². The van der Waals surface area contributed by atoms with Gasteiger partial charge in [-0.2, -0.15) is 0 Å². The van der Waals surface area contributed by atoms with Crippen molar-refractivity contribution in [2.45, 2.75) is 44.6 Å². The van der Waals surface area contributed by atoms with Crippen molar-refractivity contribution < 1.29 is 4.79 Å². The molecule has 2 heterocycles. The molecular formula is C26H29N3O. The van der Waals surface area contributed by atoms with Gasteiger partial charge in [0.25, 0.3) is 5.91 Å². The minimum atomic E-state index is 0.00747. The number of amides is 1. The van der Waals surface area contributed by atoms with Crippen LogP contribution in [-0.4, -0.2) is 29.6 Å². The number of nitrogens with zero attached hydrogens (tertiary/aromatic N) is 1. The molecule has 0 saturated carbocycles. The number of benzene rings is 2. The van der Waals surface area contributed by atoms with E-state index < -0.39 is 0 Å². The summed E-state index contributed by atoms with van der Waals surface area (Å²) in [6, 6.07) is 21.5. The van der Waals surface area contributed by atoms with Gasteiger partial charge in [0.05, 0.1) is 5.69 Å². The Morgan fingerprint density at radius 1 is 1.00 bits per heavy atom. The average Bonchev–Trinajstić information content (AvgIpc) is 3.46. The number of carbonyl (C=O) groups excluding carboxylic acids is 1. The lowest BCUT2D eigenvalue weighted by Crippen LogP contribution is -2.37. The summed E-state index contributed by atoms with van der Waals surface area (Å²) in [6.45, 7) is 1.75. The first-order valence-electron chi connectivity index (χ1n) is 11.2. The van der Waals surface area contributed by atoms with Crippen LogP contribution in [0.5, 0.6) is 0 Å². The fourth-order valence-corrected chi connectivity index (χ4v) is 4.83. The summed E-state index contributed by atoms with van der Waals surface area (Å²) in [5.74, 6) is 0.00747. The number of aryl methyl sites for hydroxylation is 1. The van der Waals surface area contributed by atoms with E-state index in [0.29, 0.717) is 12.6 Å². The van der Waals surface area contributed by atoms with Crippen molar-refractivity contribution in [1.29, 1.82) is 0 Å². The fourth-order valence-electron chi connectivity index (χ4n) is 4.83. The molecule has 4 nitrogen and oxygen atoms in total. The van der Waals surface area contributed by atoms with Crippen LogP contribution in [0.1, 0.15) is 47.3 Å². The second kappa shape index (κ2) is 8.49. The standard InChI is InChI=1S/C26H29N3O/c30-26(28-18-22-10-6-16-27-22)20-12-14-23(15-13-20)29-24-11-5-4-9-21(24)17-25(29)19-7-2-1-3-8-19/h1-3,7-8,12-15,17,22,27H,4-6,9-11,16,18H2,(H,28,30). The molecule has 5 rings (SSSR count). The van der Waals surface area contributed by atoms with Gasteiger partial charge in [-0.25, -0.2) is 0 Å². The maximum Gasteiger partial charge on any atom is 0.251 e. The minimum Gasteiger partial charge on any atom is -0.350 e. The van der Waals surface area contributed by atoms with E-state index in [-0.39, 0.29) is 5.91 Å². The molecule has 1 saturated heterocycles. The zero-order valence-corrected chi connectivity index (χ0v) is 17.4. The smallest absolute Gasteiger partial charge is 0.251 e. The van der Waals surface area contributed by atoms with Crippen LogP contribution in [0.3, 0.4) is 0 Å². The Labute approximate surface area is 178 Å². The number of aromatic nitrogens is 1. The predicted molar refractivity (Wildman–Crippen MR) is 121 cm³/mol. The molecule has 30 heavy (non-hydrogen) atoms. The molecule has 1 aliphatic carbocycles. The van der Waals surface area contributed by atoms with E-state index in [9.17, 15) is 4.79 Å². The van der Waals surface area contributed by atoms with Crippen LogP contribution in [0.4, 0.5) is 0 Å². The van der Waals surface area contributed by atoms with Crippen LogP contribution < -0.4 is 10.6 Å². The Morgan fingerprint density at radius 3 is 2.57 bits per heavy atom. The van der Waals surface area contributed by atoms with Crippen LogP contribution in [0, 0.1) is 0 Å². The molecule has 2 aromatic carbocycles. The molecule has 0 bridgehead atoms. The Bertz CT molecular complexity index is 1010. The highest BCUT2D eigenvalue weighted by molar-refractivity contribution is 5.94. The number of fused-ring (bicyclic) bond motifs is 1. The molecule has 0 spiro atoms. The third kappa shape index (κ3) is 3.80. The highest BCUT2D eigenvalue weighted by atomic mass is 16.1. The highest BCUT2D eigenvalue weighted by Crippen LogP contribution is 2.33. The number of hydrogen-bond acceptors (Lipinski definition) is 2. The lowest BCUT2D eigenvalue weighted by molar-refractivity contribution is 0.0950. The Balaban J connectivity index is 1.42. The van der Waals surface area contributed by atoms with E-state index in [0.717, 1.165) is 37.1 Å². The largest absolute Gasteiger partial charge is 0.350 e. The predicted octanol–water partition coefficient (Wildman–Crippen LogP) is 4.50. The maximum atomic E-state index is 12.6. The normalized spacial score (nSPS) is 18.2. The Hall–Kier alpha value is -2.85. The van der Waals surface area contributed by atoms with Crippen LogP contribution in [-0.2, 0) is 12.8 Å². The summed E-state index contributed by atoms with van der Waals surface area (Å²) >= 11 is 0. The van der Waals surface area contributed by atoms with Gasteiger partial charge in [0.15, 0.2) is 0 Å². The van der Waals surface area contributed by atoms with Gasteiger partial charge < -0.3 is 15.2 Å². The van der Waals surface area contributed by atoms with E-state index in [1.54, 1.807) is 0 Å². The summed E-state index contributed by atoms with van der Waals surface area (Å²) in [5.41, 5.74) is 7.21. The molecule has 0 radical (unpaired) electrons. The first-order valence-corrected chi connectivity index (χ1v) is 11.2. The number of nitrogens with one attached hydrogen (secondary N) is 2. The van der Waals surface area contributed by atoms with Gasteiger partial charge in [-0.3, -0.25) is 4.79 Å². The van der Waals surface area contributed by atoms with E-state index in [2.05, 4.69) is 63.7 Å². The molecule has 2 N–H and O–H groups in total. The van der Waals surface area contributed by atoms with Gasteiger partial charge in [-0.15, -0.1) is 0 Å². The summed E-state index contributed by atoms with van der Waals surface area (Å²) in [5, 5.41) is 6.50. The zero-order valence-electron chi connectivity index (χ0n) is 17.4. The lowest BCUT2D eigenvalue weighted by Gasteiger charge is -2.18. The minimum absolute atomic E-state index is 0.00747. The van der Waals surface area contributed by atoms with E-state index in [1.165, 1.54) is 41.8 Å². The molecule has 1 atom stereocenters. The number of hydrogen-bond donors (Lipinski definition) is 2. The average molecular weight is 400 g/mol. The molecule has 1 amide bonds. The van der Waals surface area contributed by atoms with Gasteiger partial charge in [-0.1, -0.05) is 30.3 Å². The summed E-state index contributed by atoms with van der Waals surface area (Å²) in [6.07, 6.45) is 7.10. The summed E-state index contributed by atoms with van der Waals surface area (Å²) in [7, 11) is 0. The van der Waals surface area contributed by atoms with Gasteiger partial charge in [-0.05, 0) is 86.5 Å². The molecule has 1 aromatic heterocycles. The lowest BCUT2D eigenvalue weighted by atomic mass is 9.98. The maximum absolute atomic E-state index is 12.6. The molecule has 1 unspecified atom stereocenters. The first kappa shape index (κ1) is 19.1. The Morgan fingerprint density at radius 2 is 1.80 bits per heavy atom. The number of carbonyl (C=O) groups is 1. The van der Waals surface area contributed by atoms with Gasteiger partial charge in [0.2, 0.25) is 0 Å². The molecule has 1 aliphatic heterocycles. The molecular weight excluding hydrogens is 370 g/mol. The van der Waals surface area contributed by atoms with Crippen LogP contribution >= 0.6 is 0 Å². The van der Waals surface area contributed by atoms with E-state index in [4.69, 9.17) is 0 Å². The second-order valence-corrected chi connectivity index (χ2v) is 8.46. The molecule has 3 aromatic rings. The molecule has 1 fully saturated rings. The molecule has 2 aliphatic rings. The van der Waals surface area contributed by atoms with Crippen molar-refractivity contribution in [1.82, 2.24) is 15.2 Å². The topological polar surface area (TPSA) is 46.1 Å². The van der Waals surface area contributed by atoms with Crippen LogP contribution in [0.2, 0.25) is 0 Å². The number of rotatable bonds is 5. The van der Waals surface area contributed by atoms with Crippen molar-refractivity contribution in [3.8, 4) is 16.9 Å². The first-order chi connectivity index (χ1) is 14.8. The van der Waals surface area contributed by atoms with Gasteiger partial charge in [0.1, 0.15) is 0 Å². The molecule has 4 heteroatoms. The second-order valence-electron chi connectivity index (χ2n) is 8.46. The zero-order chi connectivity index (χ0) is 20.3.